The van der Waals surface area contributed by atoms with E-state index in [1.807, 2.05) is 0 Å². The fourth-order valence-corrected chi connectivity index (χ4v) is 0.597. The van der Waals surface area contributed by atoms with Crippen molar-refractivity contribution in [3.63, 3.8) is 0 Å². The van der Waals surface area contributed by atoms with E-state index in [0.717, 1.165) is 0 Å². The third-order valence-electron chi connectivity index (χ3n) is 1.34. The first-order valence-corrected chi connectivity index (χ1v) is 3.27. The van der Waals surface area contributed by atoms with Crippen LogP contribution in [0.5, 0.6) is 0 Å². The standard InChI is InChI=1S/C6H11N3O2/c1-4-8-5(11-9-4)6(2,7)3-10/h10H,3,7H2,1-2H3. The Kier molecular flexibility index (Phi) is 1.92. The highest BCUT2D eigenvalue weighted by molar-refractivity contribution is 4.98. The van der Waals surface area contributed by atoms with Gasteiger partial charge in [0.05, 0.1) is 6.61 Å². The van der Waals surface area contributed by atoms with Crippen molar-refractivity contribution in [1.29, 1.82) is 0 Å². The highest BCUT2D eigenvalue weighted by atomic mass is 16.5. The summed E-state index contributed by atoms with van der Waals surface area (Å²) in [5, 5.41) is 12.4. The van der Waals surface area contributed by atoms with Crippen molar-refractivity contribution in [2.45, 2.75) is 19.4 Å². The van der Waals surface area contributed by atoms with E-state index in [9.17, 15) is 0 Å². The maximum absolute atomic E-state index is 8.80. The summed E-state index contributed by atoms with van der Waals surface area (Å²) in [6.45, 7) is 3.11. The molecule has 0 aliphatic carbocycles. The van der Waals surface area contributed by atoms with Gasteiger partial charge in [-0.1, -0.05) is 5.16 Å². The molecule has 0 spiro atoms. The quantitative estimate of drug-likeness (QED) is 0.607. The molecule has 0 amide bonds. The van der Waals surface area contributed by atoms with Crippen LogP contribution in [0.25, 0.3) is 0 Å². The monoisotopic (exact) mass is 157 g/mol. The number of nitrogens with two attached hydrogens (primary N) is 1. The molecule has 1 unspecified atom stereocenters. The van der Waals surface area contributed by atoms with Crippen LogP contribution in [0.1, 0.15) is 18.6 Å². The Morgan fingerprint density at radius 1 is 1.73 bits per heavy atom. The van der Waals surface area contributed by atoms with Gasteiger partial charge in [-0.15, -0.1) is 0 Å². The molecule has 5 nitrogen and oxygen atoms in total. The molecule has 1 aromatic rings. The van der Waals surface area contributed by atoms with Gasteiger partial charge in [-0.3, -0.25) is 0 Å². The summed E-state index contributed by atoms with van der Waals surface area (Å²) in [6, 6.07) is 0. The van der Waals surface area contributed by atoms with Gasteiger partial charge >= 0.3 is 0 Å². The van der Waals surface area contributed by atoms with E-state index >= 15 is 0 Å². The van der Waals surface area contributed by atoms with E-state index in [-0.39, 0.29) is 12.5 Å². The molecule has 0 saturated heterocycles. The molecule has 0 bridgehead atoms. The SMILES string of the molecule is Cc1noc(C(C)(N)CO)n1. The van der Waals surface area contributed by atoms with Crippen molar-refractivity contribution < 1.29 is 9.63 Å². The lowest BCUT2D eigenvalue weighted by atomic mass is 10.1. The Morgan fingerprint density at radius 3 is 2.73 bits per heavy atom. The number of rotatable bonds is 2. The topological polar surface area (TPSA) is 85.2 Å². The lowest BCUT2D eigenvalue weighted by Gasteiger charge is -2.14. The average molecular weight is 157 g/mol. The number of nitrogens with zero attached hydrogens (tertiary/aromatic N) is 2. The van der Waals surface area contributed by atoms with Crippen molar-refractivity contribution in [3.8, 4) is 0 Å². The first-order valence-electron chi connectivity index (χ1n) is 3.27. The summed E-state index contributed by atoms with van der Waals surface area (Å²) in [4.78, 5) is 3.89. The molecule has 1 heterocycles. The summed E-state index contributed by atoms with van der Waals surface area (Å²) < 4.78 is 4.77. The Balaban J connectivity index is 2.92. The number of hydrogen-bond donors (Lipinski definition) is 2. The molecular weight excluding hydrogens is 146 g/mol. The second kappa shape index (κ2) is 2.60. The van der Waals surface area contributed by atoms with Crippen LogP contribution in [-0.4, -0.2) is 21.9 Å². The summed E-state index contributed by atoms with van der Waals surface area (Å²) in [5.41, 5.74) is 4.68. The molecule has 0 radical (unpaired) electrons. The molecule has 1 atom stereocenters. The molecule has 0 aliphatic heterocycles. The highest BCUT2D eigenvalue weighted by Gasteiger charge is 2.26. The van der Waals surface area contributed by atoms with Gasteiger partial charge in [0, 0.05) is 0 Å². The molecule has 3 N–H and O–H groups in total. The van der Waals surface area contributed by atoms with Gasteiger partial charge in [0.1, 0.15) is 5.54 Å². The first-order chi connectivity index (χ1) is 5.06. The van der Waals surface area contributed by atoms with Gasteiger partial charge in [-0.25, -0.2) is 0 Å². The van der Waals surface area contributed by atoms with E-state index in [1.165, 1.54) is 0 Å². The zero-order valence-corrected chi connectivity index (χ0v) is 6.53. The predicted molar refractivity (Wildman–Crippen MR) is 37.7 cm³/mol. The Hall–Kier alpha value is -0.940. The Labute approximate surface area is 64.2 Å². The summed E-state index contributed by atoms with van der Waals surface area (Å²) in [7, 11) is 0. The third-order valence-corrected chi connectivity index (χ3v) is 1.34. The predicted octanol–water partition coefficient (Wildman–Crippen LogP) is -0.456. The number of aliphatic hydroxyl groups is 1. The molecule has 1 rings (SSSR count). The van der Waals surface area contributed by atoms with Gasteiger partial charge in [0.2, 0.25) is 5.89 Å². The molecular formula is C6H11N3O2. The summed E-state index contributed by atoms with van der Waals surface area (Å²) >= 11 is 0. The highest BCUT2D eigenvalue weighted by Crippen LogP contribution is 2.13. The van der Waals surface area contributed by atoms with Crippen molar-refractivity contribution in [2.75, 3.05) is 6.61 Å². The van der Waals surface area contributed by atoms with Crippen LogP contribution in [0.3, 0.4) is 0 Å². The average Bonchev–Trinajstić information content (AvgIpc) is 2.36. The van der Waals surface area contributed by atoms with E-state index < -0.39 is 5.54 Å². The Morgan fingerprint density at radius 2 is 2.36 bits per heavy atom. The second-order valence-corrected chi connectivity index (χ2v) is 2.72. The molecule has 0 fully saturated rings. The van der Waals surface area contributed by atoms with E-state index in [1.54, 1.807) is 13.8 Å². The van der Waals surface area contributed by atoms with Crippen molar-refractivity contribution in [2.24, 2.45) is 5.73 Å². The van der Waals surface area contributed by atoms with Crippen molar-refractivity contribution in [3.05, 3.63) is 11.7 Å². The van der Waals surface area contributed by atoms with Crippen LogP contribution in [0.2, 0.25) is 0 Å². The van der Waals surface area contributed by atoms with Gasteiger partial charge in [-0.2, -0.15) is 4.98 Å². The van der Waals surface area contributed by atoms with Gasteiger partial charge in [0.15, 0.2) is 5.82 Å². The van der Waals surface area contributed by atoms with Crippen LogP contribution in [0.4, 0.5) is 0 Å². The number of aryl methyl sites for hydroxylation is 1. The minimum atomic E-state index is -0.929. The molecule has 0 saturated carbocycles. The second-order valence-electron chi connectivity index (χ2n) is 2.72. The maximum Gasteiger partial charge on any atom is 0.248 e. The van der Waals surface area contributed by atoms with E-state index in [0.29, 0.717) is 5.82 Å². The summed E-state index contributed by atoms with van der Waals surface area (Å²) in [6.07, 6.45) is 0. The fraction of sp³-hybridized carbons (Fsp3) is 0.667. The molecule has 1 aromatic heterocycles. The zero-order chi connectivity index (χ0) is 8.48. The minimum Gasteiger partial charge on any atom is -0.394 e. The molecule has 62 valence electrons. The largest absolute Gasteiger partial charge is 0.394 e. The smallest absolute Gasteiger partial charge is 0.248 e. The zero-order valence-electron chi connectivity index (χ0n) is 6.53. The van der Waals surface area contributed by atoms with Gasteiger partial charge in [0.25, 0.3) is 0 Å². The van der Waals surface area contributed by atoms with Crippen molar-refractivity contribution in [1.82, 2.24) is 10.1 Å². The first kappa shape index (κ1) is 8.16. The normalized spacial score (nSPS) is 16.4. The number of hydrogen-bond acceptors (Lipinski definition) is 5. The van der Waals surface area contributed by atoms with Crippen LogP contribution in [-0.2, 0) is 5.54 Å². The van der Waals surface area contributed by atoms with Crippen molar-refractivity contribution >= 4 is 0 Å². The maximum atomic E-state index is 8.80. The lowest BCUT2D eigenvalue weighted by molar-refractivity contribution is 0.173. The van der Waals surface area contributed by atoms with E-state index in [2.05, 4.69) is 10.1 Å². The molecule has 5 heteroatoms. The lowest BCUT2D eigenvalue weighted by Crippen LogP contribution is -2.37. The molecule has 0 aliphatic rings. The molecule has 11 heavy (non-hydrogen) atoms. The van der Waals surface area contributed by atoms with Gasteiger partial charge < -0.3 is 15.4 Å². The fourth-order valence-electron chi connectivity index (χ4n) is 0.597. The molecule has 0 aromatic carbocycles. The number of aromatic nitrogens is 2. The van der Waals surface area contributed by atoms with Gasteiger partial charge in [-0.05, 0) is 13.8 Å². The van der Waals surface area contributed by atoms with Crippen LogP contribution in [0.15, 0.2) is 4.52 Å². The van der Waals surface area contributed by atoms with Crippen LogP contribution in [0, 0.1) is 6.92 Å². The third kappa shape index (κ3) is 1.55. The van der Waals surface area contributed by atoms with Crippen LogP contribution >= 0.6 is 0 Å². The van der Waals surface area contributed by atoms with Crippen LogP contribution < -0.4 is 5.73 Å². The Bertz CT molecular complexity index is 244. The minimum absolute atomic E-state index is 0.214. The van der Waals surface area contributed by atoms with E-state index in [4.69, 9.17) is 15.4 Å². The number of aliphatic hydroxyl groups excluding tert-OH is 1. The summed E-state index contributed by atoms with van der Waals surface area (Å²) in [5.74, 6) is 0.780.